The Morgan fingerprint density at radius 2 is 0.143 bits per heavy atom. The summed E-state index contributed by atoms with van der Waals surface area (Å²) in [5.74, 6) is 0. The van der Waals surface area contributed by atoms with E-state index in [2.05, 4.69) is 0 Å². The predicted octanol–water partition coefficient (Wildman–Crippen LogP) is 15.9. The first-order valence-corrected chi connectivity index (χ1v) is 13.0. The maximum absolute atomic E-state index is 2.00. The summed E-state index contributed by atoms with van der Waals surface area (Å²) in [6, 6.07) is 0. The lowest BCUT2D eigenvalue weighted by atomic mass is 11.0. The van der Waals surface area contributed by atoms with E-state index in [1.54, 1.807) is 0 Å². The molecule has 0 aromatic heterocycles. The van der Waals surface area contributed by atoms with Crippen LogP contribution in [0.4, 0.5) is 0 Å². The highest BCUT2D eigenvalue weighted by molar-refractivity contribution is 6.92. The van der Waals surface area contributed by atoms with Crippen molar-refractivity contribution in [2.75, 3.05) is 0 Å². The van der Waals surface area contributed by atoms with E-state index in [4.69, 9.17) is 0 Å². The molecule has 0 spiro atoms. The van der Waals surface area contributed by atoms with Gasteiger partial charge >= 0.3 is 0 Å². The Bertz CT molecular complexity index is 29.1. The predicted molar refractivity (Wildman–Crippen MR) is 216 cm³/mol. The Labute approximate surface area is 250 Å². The summed E-state index contributed by atoms with van der Waals surface area (Å²) in [5, 5.41) is 0. The molecule has 35 heavy (non-hydrogen) atoms. The van der Waals surface area contributed by atoms with Gasteiger partial charge in [-0.25, -0.2) is 0 Å². The Morgan fingerprint density at radius 3 is 0.143 bits per heavy atom. The molecule has 0 aliphatic rings. The second-order valence-electron chi connectivity index (χ2n) is 0. The summed E-state index contributed by atoms with van der Waals surface area (Å²) in [7, 11) is 0. The van der Waals surface area contributed by atoms with Crippen molar-refractivity contribution in [2.45, 2.75) is 202 Å². The molecule has 0 saturated carbocycles. The molecule has 0 heterocycles. The highest BCUT2D eigenvalue weighted by Crippen LogP contribution is 1.17. The Kier molecular flexibility index (Phi) is 191000. The van der Waals surface area contributed by atoms with E-state index in [0.717, 1.165) is 0 Å². The van der Waals surface area contributed by atoms with E-state index in [-0.39, 0.29) is 70.4 Å². The van der Waals surface area contributed by atoms with Crippen molar-refractivity contribution in [3.05, 3.63) is 0 Å². The van der Waals surface area contributed by atoms with Crippen molar-refractivity contribution >= 4 is 29.7 Å². The zero-order chi connectivity index (χ0) is 26.0. The van der Waals surface area contributed by atoms with Crippen molar-refractivity contribution < 1.29 is 0 Å². The summed E-state index contributed by atoms with van der Waals surface area (Å²) >= 11 is 0. The fourth-order valence-electron chi connectivity index (χ4n) is 0. The maximum atomic E-state index is 2.00. The molecule has 9 N–H and O–H groups in total. The van der Waals surface area contributed by atoms with Crippen molar-refractivity contribution in [3.8, 4) is 0 Å². The molecule has 3 unspecified atom stereocenters. The van der Waals surface area contributed by atoms with Gasteiger partial charge in [0.25, 0.3) is 0 Å². The van der Waals surface area contributed by atoms with Crippen LogP contribution in [0.15, 0.2) is 0 Å². The van der Waals surface area contributed by atoms with E-state index in [9.17, 15) is 0 Å². The summed E-state index contributed by atoms with van der Waals surface area (Å²) < 4.78 is 0. The Balaban J connectivity index is -0.00000000256. The van der Waals surface area contributed by atoms with Crippen LogP contribution in [0.3, 0.4) is 0 Å². The quantitative estimate of drug-likeness (QED) is 0.244. The highest BCUT2D eigenvalue weighted by Gasteiger charge is 0.956. The topological polar surface area (TPSA) is 105 Å². The van der Waals surface area contributed by atoms with E-state index < -0.39 is 0 Å². The minimum absolute atomic E-state index is 0. The van der Waals surface area contributed by atoms with E-state index >= 15 is 0 Å². The first kappa shape index (κ1) is 223. The molecular formula is C29H108N3P3. The molecule has 0 saturated heterocycles. The molecule has 3 nitrogen and oxygen atoms in total. The highest BCUT2D eigenvalue weighted by atomic mass is 31.0. The normalized spacial score (nSPS) is 2.23. The lowest BCUT2D eigenvalue weighted by Gasteiger charge is -1.07. The van der Waals surface area contributed by atoms with Crippen LogP contribution in [0, 0.1) is 0 Å². The van der Waals surface area contributed by atoms with Gasteiger partial charge in [-0.2, -0.15) is 29.7 Å². The van der Waals surface area contributed by atoms with Crippen LogP contribution in [0.1, 0.15) is 202 Å². The van der Waals surface area contributed by atoms with Gasteiger partial charge in [0.15, 0.2) is 0 Å². The van der Waals surface area contributed by atoms with Crippen molar-refractivity contribution in [1.82, 2.24) is 18.5 Å². The molecule has 0 aromatic carbocycles. The van der Waals surface area contributed by atoms with Crippen molar-refractivity contribution in [3.63, 3.8) is 0 Å². The molecular weight excluding hydrogens is 483 g/mol. The van der Waals surface area contributed by atoms with Crippen LogP contribution in [-0.2, 0) is 0 Å². The summed E-state index contributed by atoms with van der Waals surface area (Å²) in [6.45, 7) is 52.0. The molecule has 0 rings (SSSR count). The zero-order valence-corrected chi connectivity index (χ0v) is 34.5. The Morgan fingerprint density at radius 1 is 0.143 bits per heavy atom. The average molecular weight is 592 g/mol. The number of rotatable bonds is 0. The fraction of sp³-hybridized carbons (Fsp3) is 1.00. The summed E-state index contributed by atoms with van der Waals surface area (Å²) in [5.41, 5.74) is 0. The molecule has 0 amide bonds. The molecule has 0 fully saturated rings. The van der Waals surface area contributed by atoms with Crippen LogP contribution in [-0.4, -0.2) is 0 Å². The fourth-order valence-corrected chi connectivity index (χ4v) is 0. The molecule has 0 aromatic rings. The van der Waals surface area contributed by atoms with Gasteiger partial charge in [-0.3, -0.25) is 0 Å². The van der Waals surface area contributed by atoms with E-state index in [1.807, 2.05) is 180 Å². The molecule has 254 valence electrons. The van der Waals surface area contributed by atoms with Gasteiger partial charge in [0.1, 0.15) is 0 Å². The van der Waals surface area contributed by atoms with Gasteiger partial charge in [-0.15, -0.1) is 0 Å². The van der Waals surface area contributed by atoms with Crippen LogP contribution < -0.4 is 18.5 Å². The van der Waals surface area contributed by atoms with Gasteiger partial charge in [0, 0.05) is 0 Å². The van der Waals surface area contributed by atoms with E-state index in [1.165, 1.54) is 0 Å². The smallest absolute Gasteiger partial charge is 0.0683 e. The van der Waals surface area contributed by atoms with Crippen molar-refractivity contribution in [1.29, 1.82) is 0 Å². The lowest BCUT2D eigenvalue weighted by Crippen LogP contribution is -0.856. The van der Waals surface area contributed by atoms with Crippen LogP contribution in [0.25, 0.3) is 0 Å². The average Bonchev–Trinajstić information content (AvgIpc) is 2.90. The Hall–Kier alpha value is 1.17. The number of hydrogen-bond donors (Lipinski definition) is 3. The summed E-state index contributed by atoms with van der Waals surface area (Å²) in [4.78, 5) is 0. The second-order valence-corrected chi connectivity index (χ2v) is 0. The minimum atomic E-state index is 0. The molecule has 3 atom stereocenters. The van der Waals surface area contributed by atoms with Crippen LogP contribution in [0.2, 0.25) is 0 Å². The van der Waals surface area contributed by atoms with Gasteiger partial charge in [0.2, 0.25) is 0 Å². The molecule has 0 bridgehead atoms. The third-order valence-electron chi connectivity index (χ3n) is 0. The minimum Gasteiger partial charge on any atom is -0.344 e. The zero-order valence-electron chi connectivity index (χ0n) is 30.2. The first-order chi connectivity index (χ1) is 13.0. The largest absolute Gasteiger partial charge is 0.344 e. The molecule has 0 aliphatic carbocycles. The van der Waals surface area contributed by atoms with Crippen LogP contribution in [0.5, 0.6) is 0 Å². The SMILES string of the molecule is C.C.C.CC.CC.CC.CC.CC.CC.CC.CC.CC.CC.CC.CC.CC.N.N.N.P.P.P. The third-order valence-corrected chi connectivity index (χ3v) is 0. The second kappa shape index (κ2) is 30000. The van der Waals surface area contributed by atoms with Gasteiger partial charge < -0.3 is 18.5 Å². The standard InChI is InChI=1S/13C2H6.3CH4.3H3N.3H3P/c13*1-2;;;;;;;;;/h13*1-2H3;3*1H4;6*1H3. The molecule has 0 aliphatic heterocycles. The lowest BCUT2D eigenvalue weighted by molar-refractivity contribution is 1.50. The van der Waals surface area contributed by atoms with Crippen molar-refractivity contribution in [2.24, 2.45) is 0 Å². The summed E-state index contributed by atoms with van der Waals surface area (Å²) in [6.07, 6.45) is 0. The first-order valence-electron chi connectivity index (χ1n) is 13.0. The maximum Gasteiger partial charge on any atom is -0.0683 e. The van der Waals surface area contributed by atoms with Crippen LogP contribution >= 0.6 is 29.7 Å². The molecule has 0 radical (unpaired) electrons. The van der Waals surface area contributed by atoms with E-state index in [0.29, 0.717) is 0 Å². The monoisotopic (exact) mass is 592 g/mol. The number of hydrogen-bond acceptors (Lipinski definition) is 3. The van der Waals surface area contributed by atoms with Gasteiger partial charge in [-0.05, 0) is 0 Å². The van der Waals surface area contributed by atoms with Gasteiger partial charge in [0.05, 0.1) is 0 Å². The molecule has 6 heteroatoms. The third kappa shape index (κ3) is 28300. The van der Waals surface area contributed by atoms with Gasteiger partial charge in [-0.1, -0.05) is 202 Å².